The van der Waals surface area contributed by atoms with Crippen molar-refractivity contribution >= 4 is 40.9 Å². The van der Waals surface area contributed by atoms with Gasteiger partial charge in [-0.3, -0.25) is 9.59 Å². The summed E-state index contributed by atoms with van der Waals surface area (Å²) in [6.45, 7) is 2.68. The summed E-state index contributed by atoms with van der Waals surface area (Å²) < 4.78 is 11.0. The summed E-state index contributed by atoms with van der Waals surface area (Å²) in [5.41, 5.74) is 2.76. The molecule has 0 unspecified atom stereocenters. The van der Waals surface area contributed by atoms with Gasteiger partial charge in [-0.15, -0.1) is 0 Å². The number of fused-ring (bicyclic) bond motifs is 1. The van der Waals surface area contributed by atoms with Crippen molar-refractivity contribution in [2.75, 3.05) is 43.5 Å². The number of halogens is 1. The van der Waals surface area contributed by atoms with Crippen LogP contribution in [0.15, 0.2) is 72.5 Å². The van der Waals surface area contributed by atoms with E-state index in [0.29, 0.717) is 40.7 Å². The van der Waals surface area contributed by atoms with E-state index >= 15 is 0 Å². The Morgan fingerprint density at radius 2 is 1.77 bits per heavy atom. The smallest absolute Gasteiger partial charge is 0.291 e. The minimum Gasteiger partial charge on any atom is -0.497 e. The van der Waals surface area contributed by atoms with Crippen LogP contribution in [0.2, 0.25) is 5.02 Å². The van der Waals surface area contributed by atoms with Crippen LogP contribution in [0.5, 0.6) is 11.5 Å². The van der Waals surface area contributed by atoms with Crippen LogP contribution in [-0.2, 0) is 4.79 Å². The quantitative estimate of drug-likeness (QED) is 0.539. The van der Waals surface area contributed by atoms with Crippen LogP contribution < -0.4 is 19.7 Å². The van der Waals surface area contributed by atoms with Gasteiger partial charge >= 0.3 is 0 Å². The summed E-state index contributed by atoms with van der Waals surface area (Å²) in [6.07, 6.45) is 1.60. The first kappa shape index (κ1) is 22.8. The number of methoxy groups -OCH3 is 1. The van der Waals surface area contributed by atoms with Gasteiger partial charge in [0, 0.05) is 42.5 Å². The van der Waals surface area contributed by atoms with Crippen LogP contribution in [0, 0.1) is 0 Å². The number of ether oxygens (including phenoxy) is 2. The number of hydrogen-bond acceptors (Lipinski definition) is 5. The Morgan fingerprint density at radius 1 is 1.03 bits per heavy atom. The number of benzene rings is 3. The van der Waals surface area contributed by atoms with Gasteiger partial charge in [0.25, 0.3) is 11.8 Å². The molecule has 178 valence electrons. The van der Waals surface area contributed by atoms with Crippen molar-refractivity contribution in [3.05, 3.63) is 88.6 Å². The Bertz CT molecular complexity index is 1300. The second-order valence-corrected chi connectivity index (χ2v) is 8.68. The number of carbonyl (C=O) groups is 2. The molecule has 1 saturated heterocycles. The monoisotopic (exact) mass is 489 g/mol. The molecule has 1 N–H and O–H groups in total. The molecule has 5 rings (SSSR count). The number of nitrogens with one attached hydrogen (secondary N) is 1. The average Bonchev–Trinajstić information content (AvgIpc) is 2.90. The number of amides is 2. The second kappa shape index (κ2) is 9.72. The number of piperazine rings is 1. The summed E-state index contributed by atoms with van der Waals surface area (Å²) in [5, 5.41) is 3.34. The molecular formula is C27H24ClN3O4. The van der Waals surface area contributed by atoms with Gasteiger partial charge < -0.3 is 24.6 Å². The zero-order valence-electron chi connectivity index (χ0n) is 19.2. The Balaban J connectivity index is 1.26. The molecule has 1 fully saturated rings. The first-order valence-electron chi connectivity index (χ1n) is 11.3. The normalized spacial score (nSPS) is 16.4. The zero-order chi connectivity index (χ0) is 24.4. The highest BCUT2D eigenvalue weighted by atomic mass is 35.5. The lowest BCUT2D eigenvalue weighted by Gasteiger charge is -2.36. The molecule has 8 heteroatoms. The first-order chi connectivity index (χ1) is 17.0. The average molecular weight is 490 g/mol. The van der Waals surface area contributed by atoms with E-state index in [9.17, 15) is 9.59 Å². The summed E-state index contributed by atoms with van der Waals surface area (Å²) in [5.74, 6) is 0.963. The molecule has 0 spiro atoms. The molecule has 0 aliphatic carbocycles. The van der Waals surface area contributed by atoms with E-state index in [0.717, 1.165) is 24.5 Å². The Hall–Kier alpha value is -3.97. The zero-order valence-corrected chi connectivity index (χ0v) is 19.9. The van der Waals surface area contributed by atoms with Crippen molar-refractivity contribution < 1.29 is 19.1 Å². The lowest BCUT2D eigenvalue weighted by atomic mass is 10.1. The van der Waals surface area contributed by atoms with Gasteiger partial charge in [-0.05, 0) is 60.2 Å². The molecule has 0 atom stereocenters. The maximum atomic E-state index is 13.1. The minimum absolute atomic E-state index is 0.0752. The van der Waals surface area contributed by atoms with Crippen molar-refractivity contribution in [3.63, 3.8) is 0 Å². The SMILES string of the molecule is COc1ccc(N2CCN(C(=O)c3ccc4c(c3)NC(=O)C(=Cc3ccccc3Cl)O4)CC2)cc1. The molecule has 2 amide bonds. The first-order valence-corrected chi connectivity index (χ1v) is 11.7. The molecule has 2 aliphatic rings. The van der Waals surface area contributed by atoms with Crippen LogP contribution in [0.1, 0.15) is 15.9 Å². The van der Waals surface area contributed by atoms with E-state index in [-0.39, 0.29) is 11.7 Å². The van der Waals surface area contributed by atoms with Crippen LogP contribution in [0.4, 0.5) is 11.4 Å². The minimum atomic E-state index is -0.393. The fourth-order valence-corrected chi connectivity index (χ4v) is 4.36. The number of anilines is 2. The number of rotatable bonds is 4. The van der Waals surface area contributed by atoms with E-state index in [1.807, 2.05) is 41.3 Å². The molecule has 3 aromatic rings. The summed E-state index contributed by atoms with van der Waals surface area (Å²) >= 11 is 6.19. The molecule has 0 aromatic heterocycles. The second-order valence-electron chi connectivity index (χ2n) is 8.27. The predicted octanol–water partition coefficient (Wildman–Crippen LogP) is 4.68. The maximum absolute atomic E-state index is 13.1. The van der Waals surface area contributed by atoms with Gasteiger partial charge in [-0.25, -0.2) is 0 Å². The summed E-state index contributed by atoms with van der Waals surface area (Å²) in [4.78, 5) is 29.8. The molecular weight excluding hydrogens is 466 g/mol. The highest BCUT2D eigenvalue weighted by Gasteiger charge is 2.26. The fourth-order valence-electron chi connectivity index (χ4n) is 4.17. The molecule has 2 heterocycles. The topological polar surface area (TPSA) is 71.1 Å². The van der Waals surface area contributed by atoms with Gasteiger partial charge in [-0.2, -0.15) is 0 Å². The van der Waals surface area contributed by atoms with E-state index < -0.39 is 5.91 Å². The molecule has 7 nitrogen and oxygen atoms in total. The number of nitrogens with zero attached hydrogens (tertiary/aromatic N) is 2. The third-order valence-corrected chi connectivity index (χ3v) is 6.46. The fraction of sp³-hybridized carbons (Fsp3) is 0.185. The molecule has 3 aromatic carbocycles. The standard InChI is InChI=1S/C27H24ClN3O4/c1-34-21-9-7-20(8-10-21)30-12-14-31(15-13-30)27(33)19-6-11-24-23(16-19)29-26(32)25(35-24)17-18-4-2-3-5-22(18)28/h2-11,16-17H,12-15H2,1H3,(H,29,32). The highest BCUT2D eigenvalue weighted by Crippen LogP contribution is 2.33. The van der Waals surface area contributed by atoms with Gasteiger partial charge in [-0.1, -0.05) is 29.8 Å². The van der Waals surface area contributed by atoms with E-state index in [2.05, 4.69) is 10.2 Å². The largest absolute Gasteiger partial charge is 0.497 e. The number of hydrogen-bond donors (Lipinski definition) is 1. The van der Waals surface area contributed by atoms with Gasteiger partial charge in [0.2, 0.25) is 0 Å². The van der Waals surface area contributed by atoms with Crippen LogP contribution in [0.3, 0.4) is 0 Å². The maximum Gasteiger partial charge on any atom is 0.291 e. The molecule has 0 saturated carbocycles. The van der Waals surface area contributed by atoms with Crippen LogP contribution >= 0.6 is 11.6 Å². The molecule has 0 bridgehead atoms. The summed E-state index contributed by atoms with van der Waals surface area (Å²) in [7, 11) is 1.65. The van der Waals surface area contributed by atoms with Gasteiger partial charge in [0.1, 0.15) is 5.75 Å². The Kier molecular flexibility index (Phi) is 6.33. The Labute approximate surface area is 208 Å². The van der Waals surface area contributed by atoms with Gasteiger partial charge in [0.05, 0.1) is 12.8 Å². The van der Waals surface area contributed by atoms with Crippen molar-refractivity contribution in [1.29, 1.82) is 0 Å². The molecule has 2 aliphatic heterocycles. The van der Waals surface area contributed by atoms with Crippen molar-refractivity contribution in [2.24, 2.45) is 0 Å². The lowest BCUT2D eigenvalue weighted by Crippen LogP contribution is -2.48. The third-order valence-electron chi connectivity index (χ3n) is 6.11. The van der Waals surface area contributed by atoms with Crippen molar-refractivity contribution in [2.45, 2.75) is 0 Å². The van der Waals surface area contributed by atoms with Crippen molar-refractivity contribution in [3.8, 4) is 11.5 Å². The molecule has 35 heavy (non-hydrogen) atoms. The van der Waals surface area contributed by atoms with E-state index in [1.165, 1.54) is 0 Å². The highest BCUT2D eigenvalue weighted by molar-refractivity contribution is 6.32. The molecule has 0 radical (unpaired) electrons. The van der Waals surface area contributed by atoms with Crippen LogP contribution in [0.25, 0.3) is 6.08 Å². The summed E-state index contributed by atoms with van der Waals surface area (Å²) in [6, 6.07) is 20.2. The lowest BCUT2D eigenvalue weighted by molar-refractivity contribution is -0.115. The predicted molar refractivity (Wildman–Crippen MR) is 136 cm³/mol. The van der Waals surface area contributed by atoms with E-state index in [1.54, 1.807) is 43.5 Å². The van der Waals surface area contributed by atoms with Crippen LogP contribution in [-0.4, -0.2) is 50.0 Å². The van der Waals surface area contributed by atoms with E-state index in [4.69, 9.17) is 21.1 Å². The van der Waals surface area contributed by atoms with Crippen molar-refractivity contribution in [1.82, 2.24) is 4.90 Å². The van der Waals surface area contributed by atoms with Gasteiger partial charge in [0.15, 0.2) is 11.5 Å². The Morgan fingerprint density at radius 3 is 2.49 bits per heavy atom. The third kappa shape index (κ3) is 4.81. The number of carbonyl (C=O) groups excluding carboxylic acids is 2.